The van der Waals surface area contributed by atoms with E-state index in [1.165, 1.54) is 13.8 Å². The molecule has 5 nitrogen and oxygen atoms in total. The molecule has 3 atom stereocenters. The second kappa shape index (κ2) is 7.04. The van der Waals surface area contributed by atoms with Crippen molar-refractivity contribution in [1.82, 2.24) is 5.32 Å². The molecule has 2 N–H and O–H groups in total. The van der Waals surface area contributed by atoms with Crippen LogP contribution in [0.5, 0.6) is 0 Å². The fraction of sp³-hybridized carbons (Fsp3) is 0.750. The third-order valence-corrected chi connectivity index (χ3v) is 2.88. The second-order valence-corrected chi connectivity index (χ2v) is 4.48. The van der Waals surface area contributed by atoms with Gasteiger partial charge in [-0.2, -0.15) is 0 Å². The lowest BCUT2D eigenvalue weighted by Crippen LogP contribution is -2.46. The first kappa shape index (κ1) is 15.6. The molecule has 0 aliphatic carbocycles. The van der Waals surface area contributed by atoms with Crippen molar-refractivity contribution in [1.29, 1.82) is 0 Å². The number of aliphatic carboxylic acids is 1. The average Bonchev–Trinajstić information content (AvgIpc) is 2.22. The number of ketones is 1. The molecule has 0 saturated carbocycles. The van der Waals surface area contributed by atoms with Gasteiger partial charge in [-0.05, 0) is 12.8 Å². The summed E-state index contributed by atoms with van der Waals surface area (Å²) in [5, 5.41) is 11.2. The molecule has 5 heteroatoms. The van der Waals surface area contributed by atoms with Gasteiger partial charge >= 0.3 is 5.97 Å². The SMILES string of the molecule is CC[C@H](C)[C@H](NC(=O)[C@@H](C)CC(=O)O)C(C)=O. The van der Waals surface area contributed by atoms with E-state index in [9.17, 15) is 14.4 Å². The number of nitrogens with one attached hydrogen (secondary N) is 1. The van der Waals surface area contributed by atoms with Gasteiger partial charge in [-0.15, -0.1) is 0 Å². The molecule has 0 radical (unpaired) electrons. The summed E-state index contributed by atoms with van der Waals surface area (Å²) in [7, 11) is 0. The Morgan fingerprint density at radius 3 is 2.12 bits per heavy atom. The van der Waals surface area contributed by atoms with Gasteiger partial charge in [-0.3, -0.25) is 14.4 Å². The van der Waals surface area contributed by atoms with Crippen LogP contribution < -0.4 is 5.32 Å². The summed E-state index contributed by atoms with van der Waals surface area (Å²) >= 11 is 0. The third-order valence-electron chi connectivity index (χ3n) is 2.88. The lowest BCUT2D eigenvalue weighted by molar-refractivity contribution is -0.141. The fourth-order valence-electron chi connectivity index (χ4n) is 1.53. The highest BCUT2D eigenvalue weighted by Gasteiger charge is 2.25. The minimum atomic E-state index is -1.02. The first-order valence-corrected chi connectivity index (χ1v) is 5.82. The molecule has 0 saturated heterocycles. The van der Waals surface area contributed by atoms with Crippen molar-refractivity contribution in [2.24, 2.45) is 11.8 Å². The van der Waals surface area contributed by atoms with E-state index in [0.29, 0.717) is 0 Å². The van der Waals surface area contributed by atoms with Crippen LogP contribution in [0, 0.1) is 11.8 Å². The van der Waals surface area contributed by atoms with E-state index in [2.05, 4.69) is 5.32 Å². The first-order chi connectivity index (χ1) is 7.79. The molecular weight excluding hydrogens is 222 g/mol. The molecule has 0 spiro atoms. The highest BCUT2D eigenvalue weighted by molar-refractivity contribution is 5.89. The Hall–Kier alpha value is -1.39. The van der Waals surface area contributed by atoms with Crippen molar-refractivity contribution >= 4 is 17.7 Å². The van der Waals surface area contributed by atoms with Gasteiger partial charge in [0.2, 0.25) is 5.91 Å². The minimum Gasteiger partial charge on any atom is -0.481 e. The number of amides is 1. The highest BCUT2D eigenvalue weighted by Crippen LogP contribution is 2.10. The van der Waals surface area contributed by atoms with Crippen LogP contribution in [0.2, 0.25) is 0 Å². The molecule has 0 unspecified atom stereocenters. The van der Waals surface area contributed by atoms with Crippen LogP contribution >= 0.6 is 0 Å². The molecule has 0 bridgehead atoms. The van der Waals surface area contributed by atoms with E-state index in [0.717, 1.165) is 6.42 Å². The molecule has 0 aliphatic heterocycles. The normalized spacial score (nSPS) is 15.8. The van der Waals surface area contributed by atoms with Gasteiger partial charge < -0.3 is 10.4 Å². The van der Waals surface area contributed by atoms with Crippen LogP contribution in [0.25, 0.3) is 0 Å². The number of carboxylic acids is 1. The second-order valence-electron chi connectivity index (χ2n) is 4.48. The van der Waals surface area contributed by atoms with Gasteiger partial charge in [0.05, 0.1) is 12.5 Å². The number of carbonyl (C=O) groups is 3. The van der Waals surface area contributed by atoms with Gasteiger partial charge in [-0.25, -0.2) is 0 Å². The summed E-state index contributed by atoms with van der Waals surface area (Å²) in [6.45, 7) is 6.79. The molecule has 17 heavy (non-hydrogen) atoms. The van der Waals surface area contributed by atoms with E-state index < -0.39 is 17.9 Å². The summed E-state index contributed by atoms with van der Waals surface area (Å²) in [4.78, 5) is 33.6. The Morgan fingerprint density at radius 1 is 1.24 bits per heavy atom. The number of carboxylic acid groups (broad SMARTS) is 1. The quantitative estimate of drug-likeness (QED) is 0.704. The van der Waals surface area contributed by atoms with Crippen molar-refractivity contribution in [2.45, 2.75) is 46.6 Å². The van der Waals surface area contributed by atoms with Gasteiger partial charge in [0, 0.05) is 5.92 Å². The zero-order chi connectivity index (χ0) is 13.6. The lowest BCUT2D eigenvalue weighted by Gasteiger charge is -2.23. The van der Waals surface area contributed by atoms with E-state index in [1.807, 2.05) is 13.8 Å². The maximum absolute atomic E-state index is 11.7. The van der Waals surface area contributed by atoms with Gasteiger partial charge in [0.1, 0.15) is 0 Å². The lowest BCUT2D eigenvalue weighted by atomic mass is 9.95. The van der Waals surface area contributed by atoms with Gasteiger partial charge in [0.25, 0.3) is 0 Å². The smallest absolute Gasteiger partial charge is 0.304 e. The molecular formula is C12H21NO4. The molecule has 0 rings (SSSR count). The monoisotopic (exact) mass is 243 g/mol. The first-order valence-electron chi connectivity index (χ1n) is 5.82. The molecule has 0 aromatic carbocycles. The van der Waals surface area contributed by atoms with Gasteiger partial charge in [-0.1, -0.05) is 27.2 Å². The molecule has 0 heterocycles. The standard InChI is InChI=1S/C12H21NO4/c1-5-7(2)11(9(4)14)13-12(17)8(3)6-10(15)16/h7-8,11H,5-6H2,1-4H3,(H,13,17)(H,15,16)/t7-,8-,11-/m0/s1. The Balaban J connectivity index is 4.50. The van der Waals surface area contributed by atoms with Crippen LogP contribution in [-0.2, 0) is 14.4 Å². The number of rotatable bonds is 7. The topological polar surface area (TPSA) is 83.5 Å². The van der Waals surface area contributed by atoms with Crippen molar-refractivity contribution < 1.29 is 19.5 Å². The molecule has 0 fully saturated rings. The molecule has 1 amide bonds. The largest absolute Gasteiger partial charge is 0.481 e. The van der Waals surface area contributed by atoms with Crippen molar-refractivity contribution in [3.8, 4) is 0 Å². The Bertz CT molecular complexity index is 301. The van der Waals surface area contributed by atoms with Crippen LogP contribution in [0.15, 0.2) is 0 Å². The number of hydrogen-bond donors (Lipinski definition) is 2. The third kappa shape index (κ3) is 5.47. The average molecular weight is 243 g/mol. The Kier molecular flexibility index (Phi) is 6.46. The molecule has 0 aromatic rings. The van der Waals surface area contributed by atoms with E-state index in [4.69, 9.17) is 5.11 Å². The Labute approximate surface area is 102 Å². The summed E-state index contributed by atoms with van der Waals surface area (Å²) < 4.78 is 0. The zero-order valence-corrected chi connectivity index (χ0v) is 10.8. The predicted octanol–water partition coefficient (Wildman–Crippen LogP) is 1.22. The van der Waals surface area contributed by atoms with E-state index in [-0.39, 0.29) is 24.0 Å². The predicted molar refractivity (Wildman–Crippen MR) is 63.5 cm³/mol. The summed E-state index contributed by atoms with van der Waals surface area (Å²) in [5.74, 6) is -2.08. The van der Waals surface area contributed by atoms with Gasteiger partial charge in [0.15, 0.2) is 5.78 Å². The van der Waals surface area contributed by atoms with Crippen molar-refractivity contribution in [3.05, 3.63) is 0 Å². The number of hydrogen-bond acceptors (Lipinski definition) is 3. The molecule has 0 aromatic heterocycles. The van der Waals surface area contributed by atoms with Crippen LogP contribution in [0.3, 0.4) is 0 Å². The van der Waals surface area contributed by atoms with Crippen molar-refractivity contribution in [2.75, 3.05) is 0 Å². The maximum atomic E-state index is 11.7. The minimum absolute atomic E-state index is 0.0495. The summed E-state index contributed by atoms with van der Waals surface area (Å²) in [6.07, 6.45) is 0.550. The van der Waals surface area contributed by atoms with Crippen LogP contribution in [0.1, 0.15) is 40.5 Å². The van der Waals surface area contributed by atoms with Crippen LogP contribution in [0.4, 0.5) is 0 Å². The Morgan fingerprint density at radius 2 is 1.76 bits per heavy atom. The van der Waals surface area contributed by atoms with E-state index in [1.54, 1.807) is 0 Å². The molecule has 0 aliphatic rings. The number of carbonyl (C=O) groups excluding carboxylic acids is 2. The van der Waals surface area contributed by atoms with Crippen molar-refractivity contribution in [3.63, 3.8) is 0 Å². The zero-order valence-electron chi connectivity index (χ0n) is 10.8. The summed E-state index contributed by atoms with van der Waals surface area (Å²) in [5.41, 5.74) is 0. The molecule has 98 valence electrons. The summed E-state index contributed by atoms with van der Waals surface area (Å²) in [6, 6.07) is -0.524. The van der Waals surface area contributed by atoms with E-state index >= 15 is 0 Å². The highest BCUT2D eigenvalue weighted by atomic mass is 16.4. The van der Waals surface area contributed by atoms with Crippen LogP contribution in [-0.4, -0.2) is 28.8 Å². The maximum Gasteiger partial charge on any atom is 0.304 e. The fourth-order valence-corrected chi connectivity index (χ4v) is 1.53. The number of Topliss-reactive ketones (excluding diaryl/α,β-unsaturated/α-hetero) is 1.